The van der Waals surface area contributed by atoms with Gasteiger partial charge < -0.3 is 9.64 Å². The second-order valence-corrected chi connectivity index (χ2v) is 7.46. The fraction of sp³-hybridized carbons (Fsp3) is 0.350. The molecule has 0 aliphatic carbocycles. The minimum atomic E-state index is -0.254. The van der Waals surface area contributed by atoms with Gasteiger partial charge in [0.05, 0.1) is 11.8 Å². The zero-order valence-electron chi connectivity index (χ0n) is 15.4. The fourth-order valence-corrected chi connectivity index (χ4v) is 3.75. The Hall–Kier alpha value is -2.47. The number of thiazole rings is 1. The molecule has 0 bridgehead atoms. The van der Waals surface area contributed by atoms with Gasteiger partial charge in [-0.05, 0) is 50.5 Å². The van der Waals surface area contributed by atoms with Gasteiger partial charge in [-0.2, -0.15) is 0 Å². The number of rotatable bonds is 4. The van der Waals surface area contributed by atoms with E-state index in [4.69, 9.17) is 14.7 Å². The summed E-state index contributed by atoms with van der Waals surface area (Å²) < 4.78 is 5.26. The van der Waals surface area contributed by atoms with Crippen molar-refractivity contribution in [3.8, 4) is 0 Å². The van der Waals surface area contributed by atoms with Crippen molar-refractivity contribution in [2.24, 2.45) is 0 Å². The Kier molecular flexibility index (Phi) is 5.52. The van der Waals surface area contributed by atoms with E-state index in [1.807, 2.05) is 39.0 Å². The molecule has 136 valence electrons. The Labute approximate surface area is 157 Å². The molecule has 6 heteroatoms. The van der Waals surface area contributed by atoms with Crippen molar-refractivity contribution in [1.82, 2.24) is 14.9 Å². The zero-order chi connectivity index (χ0) is 18.7. The number of aromatic nitrogens is 2. The van der Waals surface area contributed by atoms with Gasteiger partial charge in [0.2, 0.25) is 0 Å². The molecular formula is C20H23N3O2S. The lowest BCUT2D eigenvalue weighted by Crippen LogP contribution is -2.36. The Balaban J connectivity index is 1.79. The van der Waals surface area contributed by atoms with Crippen LogP contribution >= 0.6 is 11.3 Å². The van der Waals surface area contributed by atoms with Gasteiger partial charge in [-0.15, -0.1) is 0 Å². The van der Waals surface area contributed by atoms with E-state index in [1.165, 1.54) is 5.57 Å². The molecule has 2 aromatic rings. The number of carbonyl (C=O) groups is 1. The first-order chi connectivity index (χ1) is 12.5. The van der Waals surface area contributed by atoms with Crippen molar-refractivity contribution in [3.05, 3.63) is 47.6 Å². The summed E-state index contributed by atoms with van der Waals surface area (Å²) in [4.78, 5) is 24.1. The Morgan fingerprint density at radius 3 is 2.85 bits per heavy atom. The molecule has 0 radical (unpaired) electrons. The van der Waals surface area contributed by atoms with Gasteiger partial charge in [-0.3, -0.25) is 0 Å². The van der Waals surface area contributed by atoms with E-state index in [0.717, 1.165) is 33.0 Å². The summed E-state index contributed by atoms with van der Waals surface area (Å²) in [5.41, 5.74) is 4.09. The van der Waals surface area contributed by atoms with Gasteiger partial charge in [0.25, 0.3) is 0 Å². The summed E-state index contributed by atoms with van der Waals surface area (Å²) in [7, 11) is 0. The number of nitrogens with zero attached hydrogens (tertiary/aromatic N) is 3. The molecular weight excluding hydrogens is 346 g/mol. The van der Waals surface area contributed by atoms with Crippen LogP contribution in [0.5, 0.6) is 0 Å². The number of ether oxygens (including phenoxy) is 1. The molecule has 0 fully saturated rings. The molecule has 1 amide bonds. The SMILES string of the molecule is C=C/C=C(\C)c1ccc2nc(C3=CCN(C(=O)OC(C)C)CC3)sc2n1. The van der Waals surface area contributed by atoms with Gasteiger partial charge in [0, 0.05) is 13.1 Å². The van der Waals surface area contributed by atoms with Crippen molar-refractivity contribution >= 4 is 38.9 Å². The topological polar surface area (TPSA) is 55.3 Å². The molecule has 3 heterocycles. The van der Waals surface area contributed by atoms with Crippen LogP contribution in [-0.2, 0) is 4.74 Å². The average molecular weight is 369 g/mol. The summed E-state index contributed by atoms with van der Waals surface area (Å²) in [6.07, 6.45) is 6.20. The van der Waals surface area contributed by atoms with E-state index >= 15 is 0 Å². The van der Waals surface area contributed by atoms with Crippen LogP contribution in [0.2, 0.25) is 0 Å². The van der Waals surface area contributed by atoms with Gasteiger partial charge in [0.15, 0.2) is 0 Å². The minimum absolute atomic E-state index is 0.101. The number of pyridine rings is 1. The standard InChI is InChI=1S/C20H23N3O2S/c1-5-6-14(4)16-7-8-17-19(21-16)26-18(22-17)15-9-11-23(12-10-15)20(24)25-13(2)3/h5-9,13H,1,10-12H2,2-4H3/b14-6+. The quantitative estimate of drug-likeness (QED) is 0.718. The highest BCUT2D eigenvalue weighted by atomic mass is 32.1. The van der Waals surface area contributed by atoms with Crippen LogP contribution in [0.25, 0.3) is 21.5 Å². The third kappa shape index (κ3) is 4.02. The Morgan fingerprint density at radius 1 is 1.38 bits per heavy atom. The van der Waals surface area contributed by atoms with Crippen LogP contribution in [0, 0.1) is 0 Å². The lowest BCUT2D eigenvalue weighted by atomic mass is 10.1. The molecule has 26 heavy (non-hydrogen) atoms. The first-order valence-electron chi connectivity index (χ1n) is 8.70. The number of fused-ring (bicyclic) bond motifs is 1. The average Bonchev–Trinajstić information content (AvgIpc) is 3.04. The van der Waals surface area contributed by atoms with Crippen LogP contribution in [0.4, 0.5) is 4.79 Å². The van der Waals surface area contributed by atoms with Crippen molar-refractivity contribution in [1.29, 1.82) is 0 Å². The predicted molar refractivity (Wildman–Crippen MR) is 107 cm³/mol. The monoisotopic (exact) mass is 369 g/mol. The number of carbonyl (C=O) groups excluding carboxylic acids is 1. The molecule has 0 N–H and O–H groups in total. The second kappa shape index (κ2) is 7.83. The third-order valence-electron chi connectivity index (χ3n) is 4.11. The number of hydrogen-bond donors (Lipinski definition) is 0. The second-order valence-electron chi connectivity index (χ2n) is 6.48. The highest BCUT2D eigenvalue weighted by Crippen LogP contribution is 2.30. The molecule has 1 aliphatic heterocycles. The molecule has 0 saturated carbocycles. The van der Waals surface area contributed by atoms with Crippen LogP contribution in [0.3, 0.4) is 0 Å². The van der Waals surface area contributed by atoms with Gasteiger partial charge in [0.1, 0.15) is 15.4 Å². The van der Waals surface area contributed by atoms with Crippen molar-refractivity contribution < 1.29 is 9.53 Å². The lowest BCUT2D eigenvalue weighted by molar-refractivity contribution is 0.0799. The Morgan fingerprint density at radius 2 is 2.19 bits per heavy atom. The summed E-state index contributed by atoms with van der Waals surface area (Å²) in [6.45, 7) is 10.7. The molecule has 0 saturated heterocycles. The smallest absolute Gasteiger partial charge is 0.410 e. The summed E-state index contributed by atoms with van der Waals surface area (Å²) in [6, 6.07) is 3.99. The molecule has 0 spiro atoms. The number of allylic oxidation sites excluding steroid dienone is 3. The van der Waals surface area contributed by atoms with E-state index < -0.39 is 0 Å². The molecule has 0 aromatic carbocycles. The lowest BCUT2D eigenvalue weighted by Gasteiger charge is -2.26. The van der Waals surface area contributed by atoms with Crippen molar-refractivity contribution in [3.63, 3.8) is 0 Å². The first-order valence-corrected chi connectivity index (χ1v) is 9.52. The Bertz CT molecular complexity index is 896. The molecule has 2 aromatic heterocycles. The van der Waals surface area contributed by atoms with Crippen LogP contribution < -0.4 is 0 Å². The van der Waals surface area contributed by atoms with E-state index in [9.17, 15) is 4.79 Å². The number of amides is 1. The maximum absolute atomic E-state index is 12.0. The molecule has 0 atom stereocenters. The first kappa shape index (κ1) is 18.3. The maximum atomic E-state index is 12.0. The van der Waals surface area contributed by atoms with Crippen molar-refractivity contribution in [2.75, 3.05) is 13.1 Å². The zero-order valence-corrected chi connectivity index (χ0v) is 16.2. The van der Waals surface area contributed by atoms with E-state index in [0.29, 0.717) is 13.1 Å². The highest BCUT2D eigenvalue weighted by molar-refractivity contribution is 7.19. The number of hydrogen-bond acceptors (Lipinski definition) is 5. The summed E-state index contributed by atoms with van der Waals surface area (Å²) in [5, 5.41) is 0.979. The fourth-order valence-electron chi connectivity index (χ4n) is 2.74. The molecule has 1 aliphatic rings. The van der Waals surface area contributed by atoms with Crippen molar-refractivity contribution in [2.45, 2.75) is 33.3 Å². The van der Waals surface area contributed by atoms with Crippen LogP contribution in [0.1, 0.15) is 37.9 Å². The van der Waals surface area contributed by atoms with Gasteiger partial charge in [-0.25, -0.2) is 14.8 Å². The summed E-state index contributed by atoms with van der Waals surface area (Å²) in [5.74, 6) is 0. The van der Waals surface area contributed by atoms with Gasteiger partial charge >= 0.3 is 6.09 Å². The van der Waals surface area contributed by atoms with Gasteiger partial charge in [-0.1, -0.05) is 36.1 Å². The molecule has 3 rings (SSSR count). The largest absolute Gasteiger partial charge is 0.447 e. The van der Waals surface area contributed by atoms with Crippen LogP contribution in [-0.4, -0.2) is 40.2 Å². The van der Waals surface area contributed by atoms with E-state index in [2.05, 4.69) is 12.7 Å². The van der Waals surface area contributed by atoms with E-state index in [-0.39, 0.29) is 12.2 Å². The van der Waals surface area contributed by atoms with Crippen LogP contribution in [0.15, 0.2) is 36.9 Å². The molecule has 0 unspecified atom stereocenters. The highest BCUT2D eigenvalue weighted by Gasteiger charge is 2.21. The third-order valence-corrected chi connectivity index (χ3v) is 5.15. The summed E-state index contributed by atoms with van der Waals surface area (Å²) >= 11 is 1.60. The minimum Gasteiger partial charge on any atom is -0.447 e. The molecule has 5 nitrogen and oxygen atoms in total. The normalized spacial score (nSPS) is 15.3. The maximum Gasteiger partial charge on any atom is 0.410 e. The van der Waals surface area contributed by atoms with E-state index in [1.54, 1.807) is 22.3 Å². The predicted octanol–water partition coefficient (Wildman–Crippen LogP) is 4.91.